The molecule has 1 aliphatic heterocycles. The van der Waals surface area contributed by atoms with Gasteiger partial charge in [0.1, 0.15) is 0 Å². The first kappa shape index (κ1) is 22.4. The van der Waals surface area contributed by atoms with Crippen LogP contribution in [0.2, 0.25) is 0 Å². The molecule has 8 heteroatoms. The molecule has 1 aliphatic rings. The van der Waals surface area contributed by atoms with E-state index in [2.05, 4.69) is 20.6 Å². The number of rotatable bonds is 6. The number of benzene rings is 1. The van der Waals surface area contributed by atoms with Crippen LogP contribution in [0.15, 0.2) is 36.7 Å². The third-order valence-electron chi connectivity index (χ3n) is 5.19. The Kier molecular flexibility index (Phi) is 7.33. The number of nitrogens with zero attached hydrogens (tertiary/aromatic N) is 3. The van der Waals surface area contributed by atoms with E-state index < -0.39 is 0 Å². The second-order valence-corrected chi connectivity index (χ2v) is 8.30. The molecule has 0 saturated carbocycles. The summed E-state index contributed by atoms with van der Waals surface area (Å²) < 4.78 is 0. The van der Waals surface area contributed by atoms with Crippen LogP contribution in [-0.4, -0.2) is 51.7 Å². The normalized spacial score (nSPS) is 14.4. The van der Waals surface area contributed by atoms with Crippen molar-refractivity contribution < 1.29 is 14.4 Å². The number of piperidine rings is 1. The fourth-order valence-corrected chi connectivity index (χ4v) is 3.57. The number of aromatic nitrogens is 2. The molecule has 1 saturated heterocycles. The van der Waals surface area contributed by atoms with Crippen molar-refractivity contribution >= 4 is 23.5 Å². The molecule has 0 bridgehead atoms. The van der Waals surface area contributed by atoms with Crippen molar-refractivity contribution in [3.63, 3.8) is 0 Å². The zero-order valence-electron chi connectivity index (χ0n) is 18.2. The van der Waals surface area contributed by atoms with Crippen molar-refractivity contribution in [1.29, 1.82) is 0 Å². The summed E-state index contributed by atoms with van der Waals surface area (Å²) in [6.45, 7) is 7.20. The lowest BCUT2D eigenvalue weighted by atomic mass is 10.0. The number of aryl methyl sites for hydroxylation is 1. The van der Waals surface area contributed by atoms with E-state index in [1.807, 2.05) is 31.7 Å². The van der Waals surface area contributed by atoms with Gasteiger partial charge in [-0.05, 0) is 37.8 Å². The van der Waals surface area contributed by atoms with E-state index in [0.717, 1.165) is 5.56 Å². The molecule has 0 atom stereocenters. The molecule has 2 heterocycles. The number of hydrogen-bond acceptors (Lipinski definition) is 5. The quantitative estimate of drug-likeness (QED) is 0.743. The Bertz CT molecular complexity index is 952. The SMILES string of the molecule is Cc1cccc(C(=O)Nc2nccnc2C(=O)NC2CCN(C(=O)CC(C)C)CC2)c1. The Hall–Kier alpha value is -3.29. The Labute approximate surface area is 182 Å². The van der Waals surface area contributed by atoms with Gasteiger partial charge in [-0.25, -0.2) is 9.97 Å². The minimum atomic E-state index is -0.389. The summed E-state index contributed by atoms with van der Waals surface area (Å²) in [6, 6.07) is 7.11. The highest BCUT2D eigenvalue weighted by atomic mass is 16.2. The maximum atomic E-state index is 12.8. The lowest BCUT2D eigenvalue weighted by Crippen LogP contribution is -2.47. The van der Waals surface area contributed by atoms with Crippen molar-refractivity contribution in [1.82, 2.24) is 20.2 Å². The van der Waals surface area contributed by atoms with Crippen LogP contribution in [0.25, 0.3) is 0 Å². The molecule has 2 aromatic rings. The Balaban J connectivity index is 1.60. The van der Waals surface area contributed by atoms with E-state index in [0.29, 0.717) is 43.8 Å². The second kappa shape index (κ2) is 10.1. The number of likely N-dealkylation sites (tertiary alicyclic amines) is 1. The molecule has 0 radical (unpaired) electrons. The van der Waals surface area contributed by atoms with Gasteiger partial charge in [0.25, 0.3) is 11.8 Å². The van der Waals surface area contributed by atoms with Crippen LogP contribution < -0.4 is 10.6 Å². The molecule has 0 spiro atoms. The number of carbonyl (C=O) groups is 3. The van der Waals surface area contributed by atoms with Crippen molar-refractivity contribution in [2.24, 2.45) is 5.92 Å². The van der Waals surface area contributed by atoms with E-state index in [-0.39, 0.29) is 35.3 Å². The summed E-state index contributed by atoms with van der Waals surface area (Å²) in [5.41, 5.74) is 1.51. The van der Waals surface area contributed by atoms with Gasteiger partial charge in [-0.1, -0.05) is 31.5 Å². The third-order valence-corrected chi connectivity index (χ3v) is 5.19. The number of hydrogen-bond donors (Lipinski definition) is 2. The molecule has 1 aromatic heterocycles. The molecule has 0 unspecified atom stereocenters. The Morgan fingerprint density at radius 1 is 1.10 bits per heavy atom. The van der Waals surface area contributed by atoms with Gasteiger partial charge in [-0.2, -0.15) is 0 Å². The predicted octanol–water partition coefficient (Wildman–Crippen LogP) is 2.80. The van der Waals surface area contributed by atoms with E-state index >= 15 is 0 Å². The molecule has 1 aromatic carbocycles. The highest BCUT2D eigenvalue weighted by Crippen LogP contribution is 2.16. The molecular formula is C23H29N5O3. The van der Waals surface area contributed by atoms with Crippen LogP contribution in [0.1, 0.15) is 59.5 Å². The highest BCUT2D eigenvalue weighted by Gasteiger charge is 2.26. The second-order valence-electron chi connectivity index (χ2n) is 8.30. The lowest BCUT2D eigenvalue weighted by Gasteiger charge is -2.32. The average Bonchev–Trinajstić information content (AvgIpc) is 2.74. The van der Waals surface area contributed by atoms with E-state index in [1.165, 1.54) is 12.4 Å². The maximum Gasteiger partial charge on any atom is 0.273 e. The standard InChI is InChI=1S/C23H29N5O3/c1-15(2)13-19(29)28-11-7-18(8-12-28)26-23(31)20-21(25-10-9-24-20)27-22(30)17-6-4-5-16(3)14-17/h4-6,9-10,14-15,18H,7-8,11-13H2,1-3H3,(H,26,31)(H,25,27,30). The molecule has 2 N–H and O–H groups in total. The highest BCUT2D eigenvalue weighted by molar-refractivity contribution is 6.07. The molecule has 0 aliphatic carbocycles. The fraction of sp³-hybridized carbons (Fsp3) is 0.435. The summed E-state index contributed by atoms with van der Waals surface area (Å²) in [5.74, 6) is -0.129. The molecule has 3 amide bonds. The van der Waals surface area contributed by atoms with Crippen LogP contribution in [0, 0.1) is 12.8 Å². The van der Waals surface area contributed by atoms with Gasteiger partial charge in [0, 0.05) is 43.5 Å². The first-order valence-corrected chi connectivity index (χ1v) is 10.6. The van der Waals surface area contributed by atoms with Gasteiger partial charge in [-0.3, -0.25) is 14.4 Å². The summed E-state index contributed by atoms with van der Waals surface area (Å²) in [7, 11) is 0. The zero-order valence-corrected chi connectivity index (χ0v) is 18.2. The van der Waals surface area contributed by atoms with Gasteiger partial charge >= 0.3 is 0 Å². The molecule has 164 valence electrons. The summed E-state index contributed by atoms with van der Waals surface area (Å²) in [6.07, 6.45) is 4.76. The smallest absolute Gasteiger partial charge is 0.273 e. The fourth-order valence-electron chi connectivity index (χ4n) is 3.57. The van der Waals surface area contributed by atoms with E-state index in [1.54, 1.807) is 18.2 Å². The topological polar surface area (TPSA) is 104 Å². The maximum absolute atomic E-state index is 12.8. The largest absolute Gasteiger partial charge is 0.348 e. The number of amides is 3. The van der Waals surface area contributed by atoms with Gasteiger partial charge in [0.05, 0.1) is 0 Å². The third kappa shape index (κ3) is 6.10. The van der Waals surface area contributed by atoms with Crippen LogP contribution in [0.4, 0.5) is 5.82 Å². The average molecular weight is 424 g/mol. The van der Waals surface area contributed by atoms with Crippen molar-refractivity contribution in [3.05, 3.63) is 53.5 Å². The minimum Gasteiger partial charge on any atom is -0.348 e. The van der Waals surface area contributed by atoms with Crippen molar-refractivity contribution in [3.8, 4) is 0 Å². The van der Waals surface area contributed by atoms with Crippen LogP contribution in [0.5, 0.6) is 0 Å². The number of carbonyl (C=O) groups excluding carboxylic acids is 3. The van der Waals surface area contributed by atoms with Crippen molar-refractivity contribution in [2.75, 3.05) is 18.4 Å². The molecule has 3 rings (SSSR count). The lowest BCUT2D eigenvalue weighted by molar-refractivity contribution is -0.133. The minimum absolute atomic E-state index is 0.0575. The van der Waals surface area contributed by atoms with Crippen molar-refractivity contribution in [2.45, 2.75) is 46.1 Å². The van der Waals surface area contributed by atoms with Gasteiger partial charge in [-0.15, -0.1) is 0 Å². The van der Waals surface area contributed by atoms with Gasteiger partial charge < -0.3 is 15.5 Å². The Morgan fingerprint density at radius 2 is 1.81 bits per heavy atom. The Morgan fingerprint density at radius 3 is 2.48 bits per heavy atom. The summed E-state index contributed by atoms with van der Waals surface area (Å²) >= 11 is 0. The molecule has 1 fully saturated rings. The molecule has 31 heavy (non-hydrogen) atoms. The summed E-state index contributed by atoms with van der Waals surface area (Å²) in [4.78, 5) is 47.7. The first-order valence-electron chi connectivity index (χ1n) is 10.6. The molecule has 8 nitrogen and oxygen atoms in total. The van der Waals surface area contributed by atoms with Crippen LogP contribution in [-0.2, 0) is 4.79 Å². The summed E-state index contributed by atoms with van der Waals surface area (Å²) in [5, 5.41) is 5.65. The van der Waals surface area contributed by atoms with Crippen LogP contribution in [0.3, 0.4) is 0 Å². The van der Waals surface area contributed by atoms with E-state index in [4.69, 9.17) is 0 Å². The van der Waals surface area contributed by atoms with Crippen LogP contribution >= 0.6 is 0 Å². The number of nitrogens with one attached hydrogen (secondary N) is 2. The predicted molar refractivity (Wildman–Crippen MR) is 118 cm³/mol. The first-order chi connectivity index (χ1) is 14.8. The van der Waals surface area contributed by atoms with E-state index in [9.17, 15) is 14.4 Å². The van der Waals surface area contributed by atoms with Gasteiger partial charge in [0.15, 0.2) is 11.5 Å². The molecular weight excluding hydrogens is 394 g/mol. The zero-order chi connectivity index (χ0) is 22.4. The van der Waals surface area contributed by atoms with Gasteiger partial charge in [0.2, 0.25) is 5.91 Å². The number of anilines is 1. The monoisotopic (exact) mass is 423 g/mol.